The Balaban J connectivity index is 1.87. The van der Waals surface area contributed by atoms with Crippen LogP contribution in [0.1, 0.15) is 25.7 Å². The number of allylic oxidation sites excluding steroid dienone is 1. The lowest BCUT2D eigenvalue weighted by molar-refractivity contribution is -0.162. The van der Waals surface area contributed by atoms with Crippen molar-refractivity contribution in [1.29, 1.82) is 0 Å². The van der Waals surface area contributed by atoms with E-state index in [1.807, 2.05) is 0 Å². The van der Waals surface area contributed by atoms with Crippen LogP contribution in [0.15, 0.2) is 12.7 Å². The van der Waals surface area contributed by atoms with Gasteiger partial charge >= 0.3 is 0 Å². The van der Waals surface area contributed by atoms with Gasteiger partial charge < -0.3 is 9.64 Å². The first-order chi connectivity index (χ1) is 9.63. The number of imide groups is 1. The second-order valence-electron chi connectivity index (χ2n) is 5.09. The lowest BCUT2D eigenvalue weighted by atomic mass is 10.0. The van der Waals surface area contributed by atoms with Gasteiger partial charge in [-0.25, -0.2) is 0 Å². The van der Waals surface area contributed by atoms with Gasteiger partial charge in [-0.05, 0) is 19.3 Å². The van der Waals surface area contributed by atoms with Gasteiger partial charge in [0.15, 0.2) is 0 Å². The van der Waals surface area contributed by atoms with Crippen molar-refractivity contribution in [2.24, 2.45) is 0 Å². The van der Waals surface area contributed by atoms with E-state index in [9.17, 15) is 14.4 Å². The minimum absolute atomic E-state index is 0.0236. The molecule has 2 fully saturated rings. The zero-order valence-corrected chi connectivity index (χ0v) is 11.5. The third-order valence-corrected chi connectivity index (χ3v) is 3.73. The molecule has 2 heterocycles. The van der Waals surface area contributed by atoms with Crippen LogP contribution in [0.25, 0.3) is 0 Å². The summed E-state index contributed by atoms with van der Waals surface area (Å²) in [6.45, 7) is 4.75. The van der Waals surface area contributed by atoms with Gasteiger partial charge in [0.05, 0.1) is 0 Å². The van der Waals surface area contributed by atoms with Crippen molar-refractivity contribution in [2.75, 3.05) is 26.3 Å². The molecule has 2 aliphatic heterocycles. The van der Waals surface area contributed by atoms with Gasteiger partial charge in [0.25, 0.3) is 11.8 Å². The van der Waals surface area contributed by atoms with Crippen molar-refractivity contribution < 1.29 is 19.1 Å². The SMILES string of the molecule is C=CCCC(=O)N1CCC(N2C(=O)COCC2=O)CC1. The van der Waals surface area contributed by atoms with Crippen molar-refractivity contribution in [2.45, 2.75) is 31.7 Å². The molecule has 0 saturated carbocycles. The van der Waals surface area contributed by atoms with Gasteiger partial charge in [0.1, 0.15) is 13.2 Å². The molecular weight excluding hydrogens is 260 g/mol. The Hall–Kier alpha value is -1.69. The van der Waals surface area contributed by atoms with Crippen molar-refractivity contribution in [3.63, 3.8) is 0 Å². The molecule has 0 bridgehead atoms. The van der Waals surface area contributed by atoms with Crippen molar-refractivity contribution >= 4 is 17.7 Å². The maximum absolute atomic E-state index is 11.9. The zero-order valence-electron chi connectivity index (χ0n) is 11.5. The number of likely N-dealkylation sites (tertiary alicyclic amines) is 1. The first-order valence-corrected chi connectivity index (χ1v) is 6.94. The summed E-state index contributed by atoms with van der Waals surface area (Å²) in [6, 6.07) is -0.0950. The van der Waals surface area contributed by atoms with E-state index in [0.717, 1.165) is 0 Å². The van der Waals surface area contributed by atoms with Gasteiger partial charge in [-0.1, -0.05) is 6.08 Å². The molecule has 0 spiro atoms. The van der Waals surface area contributed by atoms with E-state index in [1.54, 1.807) is 11.0 Å². The lowest BCUT2D eigenvalue weighted by Crippen LogP contribution is -2.55. The van der Waals surface area contributed by atoms with E-state index in [0.29, 0.717) is 38.8 Å². The molecule has 110 valence electrons. The van der Waals surface area contributed by atoms with Crippen LogP contribution in [0.4, 0.5) is 0 Å². The summed E-state index contributed by atoms with van der Waals surface area (Å²) in [5.41, 5.74) is 0. The molecule has 6 heteroatoms. The average Bonchev–Trinajstić information content (AvgIpc) is 2.45. The van der Waals surface area contributed by atoms with Crippen molar-refractivity contribution in [3.05, 3.63) is 12.7 Å². The topological polar surface area (TPSA) is 66.9 Å². The molecule has 0 unspecified atom stereocenters. The molecular formula is C14H20N2O4. The predicted molar refractivity (Wildman–Crippen MR) is 71.7 cm³/mol. The Labute approximate surface area is 118 Å². The van der Waals surface area contributed by atoms with Crippen LogP contribution < -0.4 is 0 Å². The number of rotatable bonds is 4. The minimum Gasteiger partial charge on any atom is -0.362 e. The summed E-state index contributed by atoms with van der Waals surface area (Å²) in [7, 11) is 0. The van der Waals surface area contributed by atoms with Crippen LogP contribution in [0.3, 0.4) is 0 Å². The Kier molecular flexibility index (Phi) is 4.89. The molecule has 3 amide bonds. The number of piperidine rings is 1. The largest absolute Gasteiger partial charge is 0.362 e. The first kappa shape index (κ1) is 14.7. The van der Waals surface area contributed by atoms with Crippen molar-refractivity contribution in [3.8, 4) is 0 Å². The minimum atomic E-state index is -0.266. The third-order valence-electron chi connectivity index (χ3n) is 3.73. The number of morpholine rings is 1. The fraction of sp³-hybridized carbons (Fsp3) is 0.643. The fourth-order valence-electron chi connectivity index (χ4n) is 2.67. The molecule has 0 aromatic carbocycles. The van der Waals surface area contributed by atoms with Crippen LogP contribution in [0.2, 0.25) is 0 Å². The first-order valence-electron chi connectivity index (χ1n) is 6.94. The normalized spacial score (nSPS) is 21.2. The third kappa shape index (κ3) is 3.25. The monoisotopic (exact) mass is 280 g/mol. The molecule has 0 N–H and O–H groups in total. The summed E-state index contributed by atoms with van der Waals surface area (Å²) in [5.74, 6) is -0.418. The number of nitrogens with zero attached hydrogens (tertiary/aromatic N) is 2. The highest BCUT2D eigenvalue weighted by Crippen LogP contribution is 2.19. The van der Waals surface area contributed by atoms with Gasteiger partial charge in [-0.15, -0.1) is 6.58 Å². The van der Waals surface area contributed by atoms with Crippen molar-refractivity contribution in [1.82, 2.24) is 9.80 Å². The number of carbonyl (C=O) groups excluding carboxylic acids is 3. The summed E-state index contributed by atoms with van der Waals surface area (Å²) in [6.07, 6.45) is 4.19. The van der Waals surface area contributed by atoms with E-state index in [1.165, 1.54) is 4.90 Å². The van der Waals surface area contributed by atoms with Crippen LogP contribution in [0, 0.1) is 0 Å². The Bertz CT molecular complexity index is 397. The van der Waals surface area contributed by atoms with Gasteiger partial charge in [-0.2, -0.15) is 0 Å². The fourth-order valence-corrected chi connectivity index (χ4v) is 2.67. The molecule has 0 radical (unpaired) electrons. The maximum atomic E-state index is 11.9. The smallest absolute Gasteiger partial charge is 0.255 e. The summed E-state index contributed by atoms with van der Waals surface area (Å²) in [4.78, 5) is 38.5. The zero-order chi connectivity index (χ0) is 14.5. The van der Waals surface area contributed by atoms with Crippen LogP contribution >= 0.6 is 0 Å². The summed E-state index contributed by atoms with van der Waals surface area (Å²) < 4.78 is 4.90. The van der Waals surface area contributed by atoms with Crippen LogP contribution in [-0.4, -0.2) is 59.9 Å². The molecule has 2 aliphatic rings. The Morgan fingerprint density at radius 1 is 1.25 bits per heavy atom. The Morgan fingerprint density at radius 3 is 2.40 bits per heavy atom. The maximum Gasteiger partial charge on any atom is 0.255 e. The molecule has 2 rings (SSSR count). The number of ether oxygens (including phenoxy) is 1. The van der Waals surface area contributed by atoms with E-state index in [4.69, 9.17) is 4.74 Å². The molecule has 2 saturated heterocycles. The Morgan fingerprint density at radius 2 is 1.85 bits per heavy atom. The number of hydrogen-bond donors (Lipinski definition) is 0. The van der Waals surface area contributed by atoms with Gasteiger partial charge in [-0.3, -0.25) is 19.3 Å². The highest BCUT2D eigenvalue weighted by atomic mass is 16.5. The number of amides is 3. The standard InChI is InChI=1S/C14H20N2O4/c1-2-3-4-12(17)15-7-5-11(6-8-15)16-13(18)9-20-10-14(16)19/h2,11H,1,3-10H2. The van der Waals surface area contributed by atoms with Gasteiger partial charge in [0, 0.05) is 25.6 Å². The van der Waals surface area contributed by atoms with E-state index in [-0.39, 0.29) is 37.0 Å². The quantitative estimate of drug-likeness (QED) is 0.550. The number of hydrogen-bond acceptors (Lipinski definition) is 4. The lowest BCUT2D eigenvalue weighted by Gasteiger charge is -2.38. The highest BCUT2D eigenvalue weighted by Gasteiger charge is 2.35. The summed E-state index contributed by atoms with van der Waals surface area (Å²) >= 11 is 0. The molecule has 20 heavy (non-hydrogen) atoms. The van der Waals surface area contributed by atoms with E-state index in [2.05, 4.69) is 6.58 Å². The number of carbonyl (C=O) groups is 3. The second kappa shape index (κ2) is 6.65. The molecule has 6 nitrogen and oxygen atoms in total. The average molecular weight is 280 g/mol. The molecule has 0 aromatic heterocycles. The second-order valence-corrected chi connectivity index (χ2v) is 5.09. The summed E-state index contributed by atoms with van der Waals surface area (Å²) in [5, 5.41) is 0. The highest BCUT2D eigenvalue weighted by molar-refractivity contribution is 5.98. The predicted octanol–water partition coefficient (Wildman–Crippen LogP) is 0.329. The van der Waals surface area contributed by atoms with Crippen LogP contribution in [0.5, 0.6) is 0 Å². The van der Waals surface area contributed by atoms with E-state index < -0.39 is 0 Å². The molecule has 0 atom stereocenters. The van der Waals surface area contributed by atoms with Gasteiger partial charge in [0.2, 0.25) is 5.91 Å². The molecule has 0 aliphatic carbocycles. The van der Waals surface area contributed by atoms with E-state index >= 15 is 0 Å². The van der Waals surface area contributed by atoms with Crippen LogP contribution in [-0.2, 0) is 19.1 Å². The molecule has 0 aromatic rings.